The minimum absolute atomic E-state index is 0.110. The fraction of sp³-hybridized carbons (Fsp3) is 0.789. The first-order valence-electron chi connectivity index (χ1n) is 9.47. The Morgan fingerprint density at radius 3 is 2.92 bits per heavy atom. The van der Waals surface area contributed by atoms with Crippen LogP contribution in [0.2, 0.25) is 0 Å². The van der Waals surface area contributed by atoms with Gasteiger partial charge in [0.15, 0.2) is 0 Å². The minimum Gasteiger partial charge on any atom is -0.385 e. The van der Waals surface area contributed by atoms with Crippen molar-refractivity contribution < 1.29 is 9.53 Å². The number of aromatic nitrogens is 2. The third kappa shape index (κ3) is 2.67. The molecule has 5 heteroatoms. The number of aryl methyl sites for hydroxylation is 1. The van der Waals surface area contributed by atoms with Crippen LogP contribution in [0, 0.1) is 23.7 Å². The molecule has 5 atom stereocenters. The van der Waals surface area contributed by atoms with Gasteiger partial charge in [-0.15, -0.1) is 0 Å². The summed E-state index contributed by atoms with van der Waals surface area (Å²) in [6.45, 7) is 1.49. The number of hydrogen-bond acceptors (Lipinski definition) is 3. The van der Waals surface area contributed by atoms with Crippen LogP contribution in [0.1, 0.15) is 49.0 Å². The van der Waals surface area contributed by atoms with Crippen LogP contribution in [-0.4, -0.2) is 46.7 Å². The van der Waals surface area contributed by atoms with Gasteiger partial charge in [0.1, 0.15) is 5.69 Å². The number of ether oxygens (including phenoxy) is 1. The second-order valence-corrected chi connectivity index (χ2v) is 7.99. The van der Waals surface area contributed by atoms with Gasteiger partial charge in [-0.3, -0.25) is 4.79 Å². The highest BCUT2D eigenvalue weighted by molar-refractivity contribution is 5.92. The van der Waals surface area contributed by atoms with Crippen LogP contribution in [0.4, 0.5) is 0 Å². The van der Waals surface area contributed by atoms with Gasteiger partial charge in [-0.05, 0) is 55.8 Å². The Morgan fingerprint density at radius 2 is 2.17 bits per heavy atom. The highest BCUT2D eigenvalue weighted by atomic mass is 16.5. The van der Waals surface area contributed by atoms with E-state index in [1.807, 2.05) is 17.8 Å². The second kappa shape index (κ2) is 6.51. The van der Waals surface area contributed by atoms with E-state index in [4.69, 9.17) is 4.74 Å². The second-order valence-electron chi connectivity index (χ2n) is 7.99. The highest BCUT2D eigenvalue weighted by Gasteiger charge is 2.55. The number of methoxy groups -OCH3 is 1. The van der Waals surface area contributed by atoms with Gasteiger partial charge < -0.3 is 14.2 Å². The van der Waals surface area contributed by atoms with E-state index < -0.39 is 0 Å². The topological polar surface area (TPSA) is 47.4 Å². The van der Waals surface area contributed by atoms with Crippen LogP contribution in [0.15, 0.2) is 12.5 Å². The molecule has 4 rings (SSSR count). The third-order valence-electron chi connectivity index (χ3n) is 6.73. The van der Waals surface area contributed by atoms with Crippen LogP contribution in [0.25, 0.3) is 0 Å². The van der Waals surface area contributed by atoms with Crippen molar-refractivity contribution in [1.82, 2.24) is 14.5 Å². The quantitative estimate of drug-likeness (QED) is 0.753. The number of carbonyl (C=O) groups is 1. The molecule has 0 unspecified atom stereocenters. The average Bonchev–Trinajstić information content (AvgIpc) is 3.31. The number of carbonyl (C=O) groups excluding carboxylic acids is 1. The van der Waals surface area contributed by atoms with E-state index in [1.165, 1.54) is 32.1 Å². The summed E-state index contributed by atoms with van der Waals surface area (Å²) in [4.78, 5) is 19.6. The molecule has 0 spiro atoms. The van der Waals surface area contributed by atoms with Crippen molar-refractivity contribution in [2.45, 2.75) is 44.6 Å². The zero-order chi connectivity index (χ0) is 16.7. The molecular weight excluding hydrogens is 302 g/mol. The Morgan fingerprint density at radius 1 is 1.33 bits per heavy atom. The van der Waals surface area contributed by atoms with Crippen molar-refractivity contribution in [3.05, 3.63) is 18.2 Å². The van der Waals surface area contributed by atoms with Gasteiger partial charge in [-0.2, -0.15) is 0 Å². The lowest BCUT2D eigenvalue weighted by Crippen LogP contribution is -2.47. The molecule has 3 fully saturated rings. The van der Waals surface area contributed by atoms with E-state index in [-0.39, 0.29) is 5.91 Å². The SMILES string of the molecule is COCCCN(C(=O)c1cn(C)cn1)[C@@H]1C[C@H]2C[C@H]1[C@@H]1CCC[C@H]21. The summed E-state index contributed by atoms with van der Waals surface area (Å²) in [7, 11) is 3.64. The van der Waals surface area contributed by atoms with Gasteiger partial charge in [-0.1, -0.05) is 6.42 Å². The molecular formula is C19H29N3O2. The van der Waals surface area contributed by atoms with Crippen molar-refractivity contribution in [2.75, 3.05) is 20.3 Å². The molecule has 3 aliphatic carbocycles. The standard InChI is InChI=1S/C19H29N3O2/c1-21-11-17(20-12-21)19(23)22(7-4-8-24-2)18-10-13-9-16(18)15-6-3-5-14(13)15/h11-16,18H,3-10H2,1-2H3/t13-,14-,15-,16+,18-/m1/s1. The minimum atomic E-state index is 0.110. The van der Waals surface area contributed by atoms with E-state index in [0.717, 1.165) is 36.6 Å². The number of fused-ring (bicyclic) bond motifs is 5. The molecule has 1 aromatic rings. The summed E-state index contributed by atoms with van der Waals surface area (Å²) in [6, 6.07) is 0.417. The number of nitrogens with zero attached hydrogens (tertiary/aromatic N) is 3. The predicted molar refractivity (Wildman–Crippen MR) is 91.6 cm³/mol. The molecule has 1 aromatic heterocycles. The number of rotatable bonds is 6. The maximum atomic E-state index is 13.1. The van der Waals surface area contributed by atoms with Crippen molar-refractivity contribution >= 4 is 5.91 Å². The molecule has 1 amide bonds. The zero-order valence-electron chi connectivity index (χ0n) is 14.9. The molecule has 3 saturated carbocycles. The molecule has 3 aliphatic rings. The van der Waals surface area contributed by atoms with E-state index in [2.05, 4.69) is 9.88 Å². The Labute approximate surface area is 144 Å². The van der Waals surface area contributed by atoms with Gasteiger partial charge in [0.05, 0.1) is 6.33 Å². The lowest BCUT2D eigenvalue weighted by atomic mass is 9.78. The van der Waals surface area contributed by atoms with Gasteiger partial charge in [-0.25, -0.2) is 4.98 Å². The lowest BCUT2D eigenvalue weighted by molar-refractivity contribution is 0.0488. The summed E-state index contributed by atoms with van der Waals surface area (Å²) in [5.41, 5.74) is 0.584. The molecule has 0 N–H and O–H groups in total. The van der Waals surface area contributed by atoms with Gasteiger partial charge in [0.2, 0.25) is 0 Å². The maximum absolute atomic E-state index is 13.1. The first-order valence-corrected chi connectivity index (χ1v) is 9.47. The first kappa shape index (κ1) is 16.1. The fourth-order valence-corrected chi connectivity index (χ4v) is 5.86. The van der Waals surface area contributed by atoms with Crippen LogP contribution >= 0.6 is 0 Å². The Kier molecular flexibility index (Phi) is 4.37. The number of hydrogen-bond donors (Lipinski definition) is 0. The Bertz CT molecular complexity index is 599. The van der Waals surface area contributed by atoms with Crippen molar-refractivity contribution in [3.8, 4) is 0 Å². The van der Waals surface area contributed by atoms with E-state index in [0.29, 0.717) is 18.3 Å². The molecule has 0 saturated heterocycles. The van der Waals surface area contributed by atoms with Gasteiger partial charge in [0, 0.05) is 39.5 Å². The largest absolute Gasteiger partial charge is 0.385 e. The highest BCUT2D eigenvalue weighted by Crippen LogP contribution is 2.59. The number of amides is 1. The first-order chi connectivity index (χ1) is 11.7. The van der Waals surface area contributed by atoms with Crippen molar-refractivity contribution in [1.29, 1.82) is 0 Å². The predicted octanol–water partition coefficient (Wildman–Crippen LogP) is 2.72. The molecule has 24 heavy (non-hydrogen) atoms. The summed E-state index contributed by atoms with van der Waals surface area (Å²) < 4.78 is 7.07. The van der Waals surface area contributed by atoms with Gasteiger partial charge in [0.25, 0.3) is 5.91 Å². The van der Waals surface area contributed by atoms with Crippen molar-refractivity contribution in [2.24, 2.45) is 30.7 Å². The molecule has 0 radical (unpaired) electrons. The van der Waals surface area contributed by atoms with Gasteiger partial charge >= 0.3 is 0 Å². The molecule has 1 heterocycles. The summed E-state index contributed by atoms with van der Waals surface area (Å²) >= 11 is 0. The molecule has 0 aliphatic heterocycles. The smallest absolute Gasteiger partial charge is 0.274 e. The van der Waals surface area contributed by atoms with Crippen LogP contribution < -0.4 is 0 Å². The summed E-state index contributed by atoms with van der Waals surface area (Å²) in [5, 5.41) is 0. The van der Waals surface area contributed by atoms with Crippen LogP contribution in [-0.2, 0) is 11.8 Å². The van der Waals surface area contributed by atoms with Crippen LogP contribution in [0.3, 0.4) is 0 Å². The maximum Gasteiger partial charge on any atom is 0.274 e. The Balaban J connectivity index is 1.53. The van der Waals surface area contributed by atoms with E-state index >= 15 is 0 Å². The zero-order valence-corrected chi connectivity index (χ0v) is 14.9. The van der Waals surface area contributed by atoms with E-state index in [1.54, 1.807) is 13.4 Å². The number of imidazole rings is 1. The summed E-state index contributed by atoms with van der Waals surface area (Å²) in [5.74, 6) is 3.51. The molecule has 0 aromatic carbocycles. The van der Waals surface area contributed by atoms with E-state index in [9.17, 15) is 4.79 Å². The third-order valence-corrected chi connectivity index (χ3v) is 6.73. The lowest BCUT2D eigenvalue weighted by Gasteiger charge is -2.39. The Hall–Kier alpha value is -1.36. The fourth-order valence-electron chi connectivity index (χ4n) is 5.86. The monoisotopic (exact) mass is 331 g/mol. The molecule has 2 bridgehead atoms. The molecule has 132 valence electrons. The molecule has 5 nitrogen and oxygen atoms in total. The summed E-state index contributed by atoms with van der Waals surface area (Å²) in [6.07, 6.45) is 11.2. The average molecular weight is 331 g/mol. The van der Waals surface area contributed by atoms with Crippen LogP contribution in [0.5, 0.6) is 0 Å². The normalized spacial score (nSPS) is 33.8. The van der Waals surface area contributed by atoms with Crippen molar-refractivity contribution in [3.63, 3.8) is 0 Å².